The lowest BCUT2D eigenvalue weighted by Gasteiger charge is -2.09. The summed E-state index contributed by atoms with van der Waals surface area (Å²) in [5, 5.41) is 6.46. The summed E-state index contributed by atoms with van der Waals surface area (Å²) >= 11 is 16.9. The highest BCUT2D eigenvalue weighted by Gasteiger charge is 2.05. The van der Waals surface area contributed by atoms with Crippen LogP contribution in [0.2, 0.25) is 10.0 Å². The highest BCUT2D eigenvalue weighted by molar-refractivity contribution is 7.80. The molecule has 0 spiro atoms. The number of hydrogen-bond acceptors (Lipinski definition) is 3. The Morgan fingerprint density at radius 1 is 1.12 bits per heavy atom. The molecule has 0 aliphatic rings. The molecule has 0 fully saturated rings. The van der Waals surface area contributed by atoms with Crippen molar-refractivity contribution in [1.29, 1.82) is 0 Å². The van der Waals surface area contributed by atoms with E-state index in [1.54, 1.807) is 48.5 Å². The van der Waals surface area contributed by atoms with Crippen LogP contribution in [0.25, 0.3) is 6.08 Å². The van der Waals surface area contributed by atoms with Crippen LogP contribution in [0.1, 0.15) is 22.8 Å². The second-order valence-electron chi connectivity index (χ2n) is 5.08. The van der Waals surface area contributed by atoms with E-state index in [1.165, 1.54) is 13.0 Å². The summed E-state index contributed by atoms with van der Waals surface area (Å²) in [6.07, 6.45) is 2.88. The lowest BCUT2D eigenvalue weighted by atomic mass is 10.1. The van der Waals surface area contributed by atoms with Crippen LogP contribution in [0.3, 0.4) is 0 Å². The Kier molecular flexibility index (Phi) is 6.70. The maximum absolute atomic E-state index is 11.9. The maximum Gasteiger partial charge on any atom is 0.250 e. The minimum absolute atomic E-state index is 0.0543. The summed E-state index contributed by atoms with van der Waals surface area (Å²) in [5.74, 6) is -0.465. The molecule has 0 aliphatic carbocycles. The average Bonchev–Trinajstić information content (AvgIpc) is 2.54. The van der Waals surface area contributed by atoms with Gasteiger partial charge in [-0.2, -0.15) is 0 Å². The molecule has 0 aliphatic heterocycles. The Morgan fingerprint density at radius 3 is 2.56 bits per heavy atom. The molecule has 0 bridgehead atoms. The molecule has 1 amide bonds. The third-order valence-electron chi connectivity index (χ3n) is 3.14. The summed E-state index contributed by atoms with van der Waals surface area (Å²) < 4.78 is 0. The van der Waals surface area contributed by atoms with Crippen LogP contribution < -0.4 is 10.6 Å². The molecule has 25 heavy (non-hydrogen) atoms. The SMILES string of the molecule is CC(=O)c1cccc(NC(=S)NC(=O)C=Cc2ccc(Cl)cc2Cl)c1. The Balaban J connectivity index is 1.96. The van der Waals surface area contributed by atoms with E-state index in [0.717, 1.165) is 0 Å². The van der Waals surface area contributed by atoms with Gasteiger partial charge in [0.05, 0.1) is 0 Å². The Morgan fingerprint density at radius 2 is 1.88 bits per heavy atom. The van der Waals surface area contributed by atoms with E-state index in [4.69, 9.17) is 35.4 Å². The second-order valence-corrected chi connectivity index (χ2v) is 6.33. The topological polar surface area (TPSA) is 58.2 Å². The van der Waals surface area contributed by atoms with Gasteiger partial charge in [-0.25, -0.2) is 0 Å². The van der Waals surface area contributed by atoms with Gasteiger partial charge in [0, 0.05) is 27.4 Å². The van der Waals surface area contributed by atoms with Gasteiger partial charge >= 0.3 is 0 Å². The van der Waals surface area contributed by atoms with Crippen LogP contribution in [0, 0.1) is 0 Å². The fourth-order valence-corrected chi connectivity index (χ4v) is 2.62. The van der Waals surface area contributed by atoms with Crippen molar-refractivity contribution in [2.75, 3.05) is 5.32 Å². The number of hydrogen-bond donors (Lipinski definition) is 2. The number of ketones is 1. The molecular weight excluding hydrogens is 379 g/mol. The van der Waals surface area contributed by atoms with Crippen LogP contribution >= 0.6 is 35.4 Å². The van der Waals surface area contributed by atoms with Gasteiger partial charge in [-0.1, -0.05) is 41.4 Å². The number of anilines is 1. The minimum atomic E-state index is -0.411. The van der Waals surface area contributed by atoms with Gasteiger partial charge < -0.3 is 5.32 Å². The minimum Gasteiger partial charge on any atom is -0.332 e. The van der Waals surface area contributed by atoms with E-state index in [0.29, 0.717) is 26.9 Å². The highest BCUT2D eigenvalue weighted by Crippen LogP contribution is 2.21. The number of thiocarbonyl (C=S) groups is 1. The van der Waals surface area contributed by atoms with Crippen LogP contribution in [0.15, 0.2) is 48.5 Å². The van der Waals surface area contributed by atoms with Crippen LogP contribution in [-0.4, -0.2) is 16.8 Å². The van der Waals surface area contributed by atoms with Gasteiger partial charge in [0.15, 0.2) is 10.9 Å². The first-order chi connectivity index (χ1) is 11.8. The summed E-state index contributed by atoms with van der Waals surface area (Å²) in [6, 6.07) is 11.8. The number of rotatable bonds is 4. The van der Waals surface area contributed by atoms with Crippen molar-refractivity contribution in [3.8, 4) is 0 Å². The monoisotopic (exact) mass is 392 g/mol. The molecule has 0 radical (unpaired) electrons. The first kappa shape index (κ1) is 19.1. The van der Waals surface area contributed by atoms with Crippen molar-refractivity contribution in [1.82, 2.24) is 5.32 Å². The molecule has 7 heteroatoms. The quantitative estimate of drug-likeness (QED) is 0.448. The maximum atomic E-state index is 11.9. The van der Waals surface area contributed by atoms with Gasteiger partial charge in [0.25, 0.3) is 0 Å². The molecule has 128 valence electrons. The van der Waals surface area contributed by atoms with Crippen molar-refractivity contribution in [3.63, 3.8) is 0 Å². The van der Waals surface area contributed by atoms with Crippen LogP contribution in [-0.2, 0) is 4.79 Å². The van der Waals surface area contributed by atoms with Crippen molar-refractivity contribution in [2.24, 2.45) is 0 Å². The molecule has 0 saturated carbocycles. The van der Waals surface area contributed by atoms with Crippen LogP contribution in [0.4, 0.5) is 5.69 Å². The standard InChI is InChI=1S/C18H14Cl2N2O2S/c1-11(23)13-3-2-4-15(9-13)21-18(25)22-17(24)8-6-12-5-7-14(19)10-16(12)20/h2-10H,1H3,(H2,21,22,24,25). The normalized spacial score (nSPS) is 10.5. The van der Waals surface area contributed by atoms with E-state index in [1.807, 2.05) is 0 Å². The largest absolute Gasteiger partial charge is 0.332 e. The molecule has 2 aromatic rings. The molecule has 0 heterocycles. The number of amides is 1. The summed E-state index contributed by atoms with van der Waals surface area (Å²) in [4.78, 5) is 23.3. The highest BCUT2D eigenvalue weighted by atomic mass is 35.5. The molecule has 4 nitrogen and oxygen atoms in total. The molecular formula is C18H14Cl2N2O2S. The van der Waals surface area contributed by atoms with Crippen molar-refractivity contribution in [2.45, 2.75) is 6.92 Å². The molecule has 0 aromatic heterocycles. The lowest BCUT2D eigenvalue weighted by Crippen LogP contribution is -2.32. The summed E-state index contributed by atoms with van der Waals surface area (Å²) in [7, 11) is 0. The van der Waals surface area contributed by atoms with Gasteiger partial charge in [-0.05, 0) is 55.0 Å². The molecule has 0 saturated heterocycles. The zero-order valence-electron chi connectivity index (χ0n) is 13.2. The van der Waals surface area contributed by atoms with Crippen LogP contribution in [0.5, 0.6) is 0 Å². The van der Waals surface area contributed by atoms with Gasteiger partial charge in [-0.15, -0.1) is 0 Å². The summed E-state index contributed by atoms with van der Waals surface area (Å²) in [6.45, 7) is 1.48. The molecule has 2 N–H and O–H groups in total. The van der Waals surface area contributed by atoms with Gasteiger partial charge in [0.2, 0.25) is 5.91 Å². The van der Waals surface area contributed by atoms with E-state index in [9.17, 15) is 9.59 Å². The molecule has 2 aromatic carbocycles. The number of Topliss-reactive ketones (excluding diaryl/α,β-unsaturated/α-hetero) is 1. The Labute approximate surface area is 160 Å². The number of halogens is 2. The zero-order valence-corrected chi connectivity index (χ0v) is 15.5. The fourth-order valence-electron chi connectivity index (χ4n) is 1.93. The third-order valence-corrected chi connectivity index (χ3v) is 3.91. The van der Waals surface area contributed by atoms with Crippen molar-refractivity contribution >= 4 is 64.0 Å². The number of benzene rings is 2. The number of nitrogens with one attached hydrogen (secondary N) is 2. The lowest BCUT2D eigenvalue weighted by molar-refractivity contribution is -0.115. The fraction of sp³-hybridized carbons (Fsp3) is 0.0556. The van der Waals surface area contributed by atoms with Crippen molar-refractivity contribution in [3.05, 3.63) is 69.7 Å². The zero-order chi connectivity index (χ0) is 18.4. The molecule has 2 rings (SSSR count). The third kappa shape index (κ3) is 5.98. The first-order valence-electron chi connectivity index (χ1n) is 7.21. The van der Waals surface area contributed by atoms with Gasteiger partial charge in [0.1, 0.15) is 0 Å². The Bertz CT molecular complexity index is 866. The predicted octanol–water partition coefficient (Wildman–Crippen LogP) is 4.72. The van der Waals surface area contributed by atoms with Gasteiger partial charge in [-0.3, -0.25) is 14.9 Å². The van der Waals surface area contributed by atoms with Crippen molar-refractivity contribution < 1.29 is 9.59 Å². The van der Waals surface area contributed by atoms with E-state index in [2.05, 4.69) is 10.6 Å². The van der Waals surface area contributed by atoms with E-state index >= 15 is 0 Å². The first-order valence-corrected chi connectivity index (χ1v) is 8.37. The number of carbonyl (C=O) groups is 2. The number of carbonyl (C=O) groups excluding carboxylic acids is 2. The Hall–Kier alpha value is -2.21. The molecule has 0 unspecified atom stereocenters. The predicted molar refractivity (Wildman–Crippen MR) is 106 cm³/mol. The smallest absolute Gasteiger partial charge is 0.250 e. The second kappa shape index (κ2) is 8.76. The molecule has 0 atom stereocenters. The van der Waals surface area contributed by atoms with E-state index < -0.39 is 5.91 Å². The average molecular weight is 393 g/mol. The van der Waals surface area contributed by atoms with E-state index in [-0.39, 0.29) is 10.9 Å². The summed E-state index contributed by atoms with van der Waals surface area (Å²) in [5.41, 5.74) is 1.83.